The van der Waals surface area contributed by atoms with Crippen LogP contribution in [0.1, 0.15) is 5.69 Å². The van der Waals surface area contributed by atoms with Crippen molar-refractivity contribution in [2.24, 2.45) is 7.05 Å². The minimum atomic E-state index is 0.443. The second kappa shape index (κ2) is 5.58. The molecule has 114 valence electrons. The fraction of sp³-hybridized carbons (Fsp3) is 0.214. The van der Waals surface area contributed by atoms with Crippen molar-refractivity contribution in [2.45, 2.75) is 6.92 Å². The Morgan fingerprint density at radius 2 is 2.05 bits per heavy atom. The van der Waals surface area contributed by atoms with Crippen LogP contribution in [0.3, 0.4) is 0 Å². The molecule has 1 N–H and O–H groups in total. The topological polar surface area (TPSA) is 60.7 Å². The normalized spacial score (nSPS) is 10.9. The molecule has 0 bridgehead atoms. The third kappa shape index (κ3) is 2.22. The molecule has 0 fully saturated rings. The van der Waals surface area contributed by atoms with Crippen LogP contribution in [0.15, 0.2) is 24.3 Å². The zero-order valence-corrected chi connectivity index (χ0v) is 13.9. The summed E-state index contributed by atoms with van der Waals surface area (Å²) in [4.78, 5) is 0. The third-order valence-electron chi connectivity index (χ3n) is 3.47. The number of H-pyrrole nitrogens is 1. The van der Waals surface area contributed by atoms with Gasteiger partial charge in [0.25, 0.3) is 0 Å². The highest BCUT2D eigenvalue weighted by Crippen LogP contribution is 2.32. The fourth-order valence-electron chi connectivity index (χ4n) is 2.22. The summed E-state index contributed by atoms with van der Waals surface area (Å²) in [5, 5.41) is 12.1. The van der Waals surface area contributed by atoms with Crippen molar-refractivity contribution < 1.29 is 4.74 Å². The number of aromatic amines is 1. The first-order valence-corrected chi connectivity index (χ1v) is 7.33. The monoisotopic (exact) mass is 335 g/mol. The second-order valence-electron chi connectivity index (χ2n) is 4.73. The van der Waals surface area contributed by atoms with Crippen molar-refractivity contribution >= 4 is 23.8 Å². The van der Waals surface area contributed by atoms with Gasteiger partial charge in [0.2, 0.25) is 0 Å². The Balaban J connectivity index is 2.29. The van der Waals surface area contributed by atoms with Crippen LogP contribution in [0.25, 0.3) is 17.2 Å². The Kier molecular flexibility index (Phi) is 3.76. The maximum Gasteiger partial charge on any atom is 0.200 e. The molecular weight excluding hydrogens is 322 g/mol. The predicted octanol–water partition coefficient (Wildman–Crippen LogP) is 3.30. The number of aryl methyl sites for hydroxylation is 1. The van der Waals surface area contributed by atoms with E-state index in [0.29, 0.717) is 27.1 Å². The number of methoxy groups -OCH3 is 1. The number of hydrogen-bond donors (Lipinski definition) is 1. The SMILES string of the molecule is COc1ccccc1-n1c(-c2nn(C)c(C)c2Cl)n[nH]c1=S. The predicted molar refractivity (Wildman–Crippen MR) is 87.2 cm³/mol. The molecule has 3 rings (SSSR count). The highest BCUT2D eigenvalue weighted by atomic mass is 35.5. The molecule has 0 radical (unpaired) electrons. The van der Waals surface area contributed by atoms with E-state index in [1.54, 1.807) is 16.4 Å². The van der Waals surface area contributed by atoms with E-state index in [2.05, 4.69) is 15.3 Å². The summed E-state index contributed by atoms with van der Waals surface area (Å²) in [6, 6.07) is 7.56. The van der Waals surface area contributed by atoms with Crippen molar-refractivity contribution in [1.29, 1.82) is 0 Å². The molecule has 6 nitrogen and oxygen atoms in total. The van der Waals surface area contributed by atoms with Crippen LogP contribution in [-0.4, -0.2) is 31.7 Å². The summed E-state index contributed by atoms with van der Waals surface area (Å²) < 4.78 is 9.33. The number of rotatable bonds is 3. The summed E-state index contributed by atoms with van der Waals surface area (Å²) in [7, 11) is 3.44. The maximum atomic E-state index is 6.38. The van der Waals surface area contributed by atoms with E-state index in [-0.39, 0.29) is 0 Å². The zero-order chi connectivity index (χ0) is 15.9. The lowest BCUT2D eigenvalue weighted by atomic mass is 10.2. The molecule has 0 atom stereocenters. The Labute approximate surface area is 137 Å². The van der Waals surface area contributed by atoms with Crippen LogP contribution in [0.5, 0.6) is 5.75 Å². The van der Waals surface area contributed by atoms with Gasteiger partial charge < -0.3 is 4.74 Å². The smallest absolute Gasteiger partial charge is 0.200 e. The molecule has 0 saturated heterocycles. The number of para-hydroxylation sites is 2. The maximum absolute atomic E-state index is 6.38. The van der Waals surface area contributed by atoms with E-state index in [9.17, 15) is 0 Å². The highest BCUT2D eigenvalue weighted by molar-refractivity contribution is 7.71. The summed E-state index contributed by atoms with van der Waals surface area (Å²) >= 11 is 11.7. The number of benzene rings is 1. The molecule has 2 aromatic heterocycles. The average Bonchev–Trinajstić information content (AvgIpc) is 3.02. The van der Waals surface area contributed by atoms with Gasteiger partial charge in [0.1, 0.15) is 11.4 Å². The molecular formula is C14H14ClN5OS. The minimum Gasteiger partial charge on any atom is -0.495 e. The Bertz CT molecular complexity index is 895. The lowest BCUT2D eigenvalue weighted by Gasteiger charge is -2.10. The number of halogens is 1. The highest BCUT2D eigenvalue weighted by Gasteiger charge is 2.21. The van der Waals surface area contributed by atoms with E-state index in [1.165, 1.54) is 0 Å². The molecule has 8 heteroatoms. The van der Waals surface area contributed by atoms with E-state index in [4.69, 9.17) is 28.6 Å². The van der Waals surface area contributed by atoms with Crippen molar-refractivity contribution in [2.75, 3.05) is 7.11 Å². The van der Waals surface area contributed by atoms with Crippen molar-refractivity contribution in [3.8, 4) is 23.0 Å². The standard InChI is InChI=1S/C14H14ClN5OS/c1-8-11(15)12(18-19(8)2)13-16-17-14(22)20(13)9-6-4-5-7-10(9)21-3/h4-7H,1-3H3,(H,17,22). The molecule has 0 aliphatic heterocycles. The van der Waals surface area contributed by atoms with Crippen LogP contribution in [0, 0.1) is 11.7 Å². The third-order valence-corrected chi connectivity index (χ3v) is 4.20. The molecule has 0 aliphatic rings. The average molecular weight is 336 g/mol. The first kappa shape index (κ1) is 14.8. The first-order valence-electron chi connectivity index (χ1n) is 6.55. The second-order valence-corrected chi connectivity index (χ2v) is 5.50. The molecule has 3 aromatic rings. The van der Waals surface area contributed by atoms with Gasteiger partial charge in [0, 0.05) is 7.05 Å². The van der Waals surface area contributed by atoms with Crippen LogP contribution in [0.2, 0.25) is 5.02 Å². The van der Waals surface area contributed by atoms with Crippen molar-refractivity contribution in [3.05, 3.63) is 39.8 Å². The van der Waals surface area contributed by atoms with Gasteiger partial charge in [-0.05, 0) is 31.3 Å². The quantitative estimate of drug-likeness (QED) is 0.746. The molecule has 0 spiro atoms. The number of nitrogens with one attached hydrogen (secondary N) is 1. The van der Waals surface area contributed by atoms with E-state index >= 15 is 0 Å². The largest absolute Gasteiger partial charge is 0.495 e. The molecule has 0 aliphatic carbocycles. The molecule has 0 amide bonds. The molecule has 0 saturated carbocycles. The van der Waals surface area contributed by atoms with Crippen LogP contribution in [-0.2, 0) is 7.05 Å². The van der Waals surface area contributed by atoms with Crippen LogP contribution >= 0.6 is 23.8 Å². The number of nitrogens with zero attached hydrogens (tertiary/aromatic N) is 4. The van der Waals surface area contributed by atoms with Gasteiger partial charge >= 0.3 is 0 Å². The van der Waals surface area contributed by atoms with Gasteiger partial charge in [-0.1, -0.05) is 23.7 Å². The molecule has 0 unspecified atom stereocenters. The van der Waals surface area contributed by atoms with E-state index in [0.717, 1.165) is 11.4 Å². The van der Waals surface area contributed by atoms with Gasteiger partial charge in [0.15, 0.2) is 10.6 Å². The molecule has 22 heavy (non-hydrogen) atoms. The summed E-state index contributed by atoms with van der Waals surface area (Å²) in [5.74, 6) is 1.23. The fourth-order valence-corrected chi connectivity index (χ4v) is 2.69. The Morgan fingerprint density at radius 1 is 1.32 bits per heavy atom. The molecule has 1 aromatic carbocycles. The van der Waals surface area contributed by atoms with E-state index < -0.39 is 0 Å². The number of hydrogen-bond acceptors (Lipinski definition) is 4. The van der Waals surface area contributed by atoms with Gasteiger partial charge in [-0.25, -0.2) is 0 Å². The van der Waals surface area contributed by atoms with Crippen molar-refractivity contribution in [1.82, 2.24) is 24.5 Å². The minimum absolute atomic E-state index is 0.443. The van der Waals surface area contributed by atoms with Crippen LogP contribution < -0.4 is 4.74 Å². The summed E-state index contributed by atoms with van der Waals surface area (Å²) in [5.41, 5.74) is 2.20. The number of aromatic nitrogens is 5. The summed E-state index contributed by atoms with van der Waals surface area (Å²) in [6.07, 6.45) is 0. The number of ether oxygens (including phenoxy) is 1. The van der Waals surface area contributed by atoms with Gasteiger partial charge in [-0.15, -0.1) is 0 Å². The van der Waals surface area contributed by atoms with Gasteiger partial charge in [-0.3, -0.25) is 14.3 Å². The first-order chi connectivity index (χ1) is 10.5. The Hall–Kier alpha value is -2.12. The lowest BCUT2D eigenvalue weighted by molar-refractivity contribution is 0.413. The lowest BCUT2D eigenvalue weighted by Crippen LogP contribution is -2.01. The van der Waals surface area contributed by atoms with Gasteiger partial charge in [0.05, 0.1) is 23.5 Å². The van der Waals surface area contributed by atoms with E-state index in [1.807, 2.05) is 38.2 Å². The Morgan fingerprint density at radius 3 is 2.68 bits per heavy atom. The van der Waals surface area contributed by atoms with Gasteiger partial charge in [-0.2, -0.15) is 10.2 Å². The summed E-state index contributed by atoms with van der Waals surface area (Å²) in [6.45, 7) is 1.90. The zero-order valence-electron chi connectivity index (χ0n) is 12.3. The van der Waals surface area contributed by atoms with Crippen LogP contribution in [0.4, 0.5) is 0 Å². The van der Waals surface area contributed by atoms with Crippen molar-refractivity contribution in [3.63, 3.8) is 0 Å². The molecule has 2 heterocycles.